The molecule has 0 radical (unpaired) electrons. The average molecular weight is 472 g/mol. The molecule has 31 heavy (non-hydrogen) atoms. The van der Waals surface area contributed by atoms with Crippen LogP contribution < -0.4 is 0 Å². The van der Waals surface area contributed by atoms with E-state index in [0.29, 0.717) is 29.0 Å². The number of nitrogens with one attached hydrogen (secondary N) is 1. The van der Waals surface area contributed by atoms with Crippen LogP contribution in [0.3, 0.4) is 0 Å². The number of fused-ring (bicyclic) bond motifs is 1. The fourth-order valence-corrected chi connectivity index (χ4v) is 3.63. The van der Waals surface area contributed by atoms with Crippen LogP contribution in [0, 0.1) is 5.41 Å². The molecule has 0 heterocycles. The van der Waals surface area contributed by atoms with Crippen molar-refractivity contribution in [2.24, 2.45) is 0 Å². The number of benzene rings is 3. The predicted octanol–water partition coefficient (Wildman–Crippen LogP) is 7.82. The average Bonchev–Trinajstić information content (AvgIpc) is 2.69. The topological polar surface area (TPSA) is 23.9 Å². The van der Waals surface area contributed by atoms with Crippen molar-refractivity contribution in [2.75, 3.05) is 0 Å². The van der Waals surface area contributed by atoms with Crippen LogP contribution in [0.15, 0.2) is 60.7 Å². The Bertz CT molecular complexity index is 1210. The van der Waals surface area contributed by atoms with Gasteiger partial charge in [-0.2, -0.15) is 26.3 Å². The zero-order valence-electron chi connectivity index (χ0n) is 15.5. The highest BCUT2D eigenvalue weighted by molar-refractivity contribution is 7.19. The summed E-state index contributed by atoms with van der Waals surface area (Å²) in [5, 5.41) is 9.01. The van der Waals surface area contributed by atoms with E-state index in [9.17, 15) is 26.3 Å². The standard InChI is InChI=1S/C22H13ClF6NP/c23-15-8-13(7-14(9-15)21(24,25)26)19(22(27,28)29)10-20(30)18-6-5-12(11-31)16-3-1-2-4-17(16)18/h1-11,30-31H/b19-10-,30-20?. The quantitative estimate of drug-likeness (QED) is 0.228. The zero-order valence-corrected chi connectivity index (χ0v) is 17.3. The lowest BCUT2D eigenvalue weighted by molar-refractivity contribution is -0.137. The van der Waals surface area contributed by atoms with Crippen LogP contribution in [0.2, 0.25) is 5.02 Å². The van der Waals surface area contributed by atoms with E-state index < -0.39 is 39.8 Å². The van der Waals surface area contributed by atoms with Crippen LogP contribution in [-0.2, 0) is 6.18 Å². The smallest absolute Gasteiger partial charge is 0.300 e. The summed E-state index contributed by atoms with van der Waals surface area (Å²) in [5.41, 5.74) is -3.02. The van der Waals surface area contributed by atoms with Gasteiger partial charge >= 0.3 is 12.4 Å². The van der Waals surface area contributed by atoms with Gasteiger partial charge in [-0.05, 0) is 52.0 Å². The molecule has 3 aromatic carbocycles. The van der Waals surface area contributed by atoms with Crippen molar-refractivity contribution in [2.45, 2.75) is 12.4 Å². The zero-order chi connectivity index (χ0) is 23.0. The normalized spacial score (nSPS) is 12.8. The van der Waals surface area contributed by atoms with E-state index in [1.54, 1.807) is 36.1 Å². The Balaban J connectivity index is 2.20. The van der Waals surface area contributed by atoms with Gasteiger partial charge in [0.25, 0.3) is 0 Å². The number of hydrogen-bond donors (Lipinski definition) is 1. The molecule has 3 aromatic rings. The predicted molar refractivity (Wildman–Crippen MR) is 115 cm³/mol. The van der Waals surface area contributed by atoms with Crippen LogP contribution in [-0.4, -0.2) is 17.7 Å². The second kappa shape index (κ2) is 8.48. The molecular formula is C22H13ClF6NP. The minimum absolute atomic E-state index is 0.202. The van der Waals surface area contributed by atoms with Crippen molar-refractivity contribution >= 4 is 48.3 Å². The number of rotatable bonds is 4. The minimum atomic E-state index is -5.01. The van der Waals surface area contributed by atoms with E-state index in [2.05, 4.69) is 8.86 Å². The highest BCUT2D eigenvalue weighted by Crippen LogP contribution is 2.39. The third-order valence-electron chi connectivity index (χ3n) is 4.53. The van der Waals surface area contributed by atoms with Crippen molar-refractivity contribution in [3.63, 3.8) is 0 Å². The molecule has 0 fully saturated rings. The van der Waals surface area contributed by atoms with Crippen LogP contribution in [0.1, 0.15) is 22.3 Å². The SMILES string of the molecule is N=C(/C=C(/c1cc(Cl)cc(C(F)(F)F)c1)C(F)(F)F)c1ccc(C=P)c2ccccc12. The van der Waals surface area contributed by atoms with E-state index in [4.69, 9.17) is 17.0 Å². The highest BCUT2D eigenvalue weighted by atomic mass is 35.5. The molecule has 3 rings (SSSR count). The molecule has 0 saturated heterocycles. The van der Waals surface area contributed by atoms with Crippen molar-refractivity contribution in [1.82, 2.24) is 0 Å². The van der Waals surface area contributed by atoms with Gasteiger partial charge in [0.1, 0.15) is 0 Å². The summed E-state index contributed by atoms with van der Waals surface area (Å²) >= 11 is 5.66. The molecule has 1 nitrogen and oxygen atoms in total. The molecule has 0 aliphatic carbocycles. The molecule has 0 aromatic heterocycles. The maximum absolute atomic E-state index is 13.8. The Kier molecular flexibility index (Phi) is 6.30. The van der Waals surface area contributed by atoms with Gasteiger partial charge in [0, 0.05) is 10.6 Å². The van der Waals surface area contributed by atoms with Crippen LogP contribution in [0.5, 0.6) is 0 Å². The van der Waals surface area contributed by atoms with Gasteiger partial charge in [-0.15, -0.1) is 8.86 Å². The summed E-state index contributed by atoms with van der Waals surface area (Å²) < 4.78 is 80.5. The van der Waals surface area contributed by atoms with Gasteiger partial charge in [-0.25, -0.2) is 0 Å². The van der Waals surface area contributed by atoms with Gasteiger partial charge in [-0.1, -0.05) is 48.0 Å². The van der Waals surface area contributed by atoms with Crippen LogP contribution in [0.4, 0.5) is 26.3 Å². The molecule has 0 aliphatic heterocycles. The van der Waals surface area contributed by atoms with Gasteiger partial charge in [0.15, 0.2) is 0 Å². The van der Waals surface area contributed by atoms with E-state index in [-0.39, 0.29) is 5.56 Å². The lowest BCUT2D eigenvalue weighted by Crippen LogP contribution is -2.14. The number of alkyl halides is 6. The largest absolute Gasteiger partial charge is 0.417 e. The Morgan fingerprint density at radius 3 is 2.13 bits per heavy atom. The molecular weight excluding hydrogens is 459 g/mol. The first kappa shape index (κ1) is 23.0. The lowest BCUT2D eigenvalue weighted by Gasteiger charge is -2.16. The molecule has 9 heteroatoms. The van der Waals surface area contributed by atoms with E-state index in [0.717, 1.165) is 11.6 Å². The Morgan fingerprint density at radius 2 is 1.55 bits per heavy atom. The molecule has 0 spiro atoms. The minimum Gasteiger partial charge on any atom is -0.300 e. The first-order valence-electron chi connectivity index (χ1n) is 8.70. The van der Waals surface area contributed by atoms with Crippen molar-refractivity contribution in [3.8, 4) is 0 Å². The molecule has 0 atom stereocenters. The van der Waals surface area contributed by atoms with Crippen molar-refractivity contribution in [3.05, 3.63) is 87.9 Å². The Labute approximate surface area is 180 Å². The van der Waals surface area contributed by atoms with Crippen molar-refractivity contribution in [1.29, 1.82) is 5.41 Å². The van der Waals surface area contributed by atoms with Crippen LogP contribution >= 0.6 is 20.5 Å². The fourth-order valence-electron chi connectivity index (χ4n) is 3.14. The first-order chi connectivity index (χ1) is 14.4. The van der Waals surface area contributed by atoms with E-state index in [1.807, 2.05) is 0 Å². The number of halogens is 7. The highest BCUT2D eigenvalue weighted by Gasteiger charge is 2.37. The summed E-state index contributed by atoms with van der Waals surface area (Å²) in [6.07, 6.45) is -9.37. The second-order valence-corrected chi connectivity index (χ2v) is 7.31. The Morgan fingerprint density at radius 1 is 0.903 bits per heavy atom. The van der Waals surface area contributed by atoms with Gasteiger partial charge < -0.3 is 5.41 Å². The van der Waals surface area contributed by atoms with Crippen molar-refractivity contribution < 1.29 is 26.3 Å². The molecule has 0 amide bonds. The lowest BCUT2D eigenvalue weighted by atomic mass is 9.94. The number of hydrogen-bond acceptors (Lipinski definition) is 1. The maximum atomic E-state index is 13.8. The molecule has 160 valence electrons. The molecule has 0 unspecified atom stereocenters. The fraction of sp³-hybridized carbons (Fsp3) is 0.0909. The molecule has 1 N–H and O–H groups in total. The Hall–Kier alpha value is -2.63. The summed E-state index contributed by atoms with van der Waals surface area (Å²) in [4.78, 5) is 0. The van der Waals surface area contributed by atoms with E-state index >= 15 is 0 Å². The third-order valence-corrected chi connectivity index (χ3v) is 5.06. The molecule has 0 saturated carbocycles. The summed E-state index contributed by atoms with van der Waals surface area (Å²) in [6, 6.07) is 11.7. The van der Waals surface area contributed by atoms with Crippen LogP contribution in [0.25, 0.3) is 16.3 Å². The third kappa shape index (κ3) is 5.00. The summed E-state index contributed by atoms with van der Waals surface area (Å²) in [5.74, 6) is 1.64. The molecule has 0 aliphatic rings. The summed E-state index contributed by atoms with van der Waals surface area (Å²) in [6.45, 7) is 0. The second-order valence-electron chi connectivity index (χ2n) is 6.59. The maximum Gasteiger partial charge on any atom is 0.417 e. The first-order valence-corrected chi connectivity index (χ1v) is 9.65. The number of allylic oxidation sites excluding steroid dienone is 2. The monoisotopic (exact) mass is 471 g/mol. The van der Waals surface area contributed by atoms with Gasteiger partial charge in [0.2, 0.25) is 0 Å². The van der Waals surface area contributed by atoms with Gasteiger partial charge in [-0.3, -0.25) is 0 Å². The van der Waals surface area contributed by atoms with Gasteiger partial charge in [0.05, 0.1) is 16.8 Å². The van der Waals surface area contributed by atoms with E-state index in [1.165, 1.54) is 6.07 Å². The summed E-state index contributed by atoms with van der Waals surface area (Å²) in [7, 11) is 3.28. The molecule has 0 bridgehead atoms.